The SMILES string of the molecule is c1ccc(-c2ccc(-c3ccccc3-n3c4ccccc4c4c(-c5ccc6oc7ccccc7c6c5)cc5c6ccccc6n(-c6ccccc6)c5c43)cc2)cc1. The minimum Gasteiger partial charge on any atom is -0.456 e. The van der Waals surface area contributed by atoms with E-state index in [-0.39, 0.29) is 0 Å². The molecular formula is C54H34N2O. The van der Waals surface area contributed by atoms with Gasteiger partial charge in [0.1, 0.15) is 11.2 Å². The molecule has 12 rings (SSSR count). The molecule has 9 aromatic carbocycles. The third kappa shape index (κ3) is 4.79. The van der Waals surface area contributed by atoms with Gasteiger partial charge in [0, 0.05) is 43.6 Å². The molecule has 0 atom stereocenters. The summed E-state index contributed by atoms with van der Waals surface area (Å²) < 4.78 is 11.3. The Kier molecular flexibility index (Phi) is 6.93. The summed E-state index contributed by atoms with van der Waals surface area (Å²) in [5, 5.41) is 7.11. The lowest BCUT2D eigenvalue weighted by Crippen LogP contribution is -2.00. The number of rotatable bonds is 5. The number of nitrogens with zero attached hydrogens (tertiary/aromatic N) is 2. The lowest BCUT2D eigenvalue weighted by Gasteiger charge is -2.17. The molecule has 0 saturated heterocycles. The summed E-state index contributed by atoms with van der Waals surface area (Å²) in [6.07, 6.45) is 0. The summed E-state index contributed by atoms with van der Waals surface area (Å²) in [6.45, 7) is 0. The predicted octanol–water partition coefficient (Wildman–Crippen LogP) is 14.8. The van der Waals surface area contributed by atoms with Gasteiger partial charge in [-0.1, -0.05) is 152 Å². The van der Waals surface area contributed by atoms with Crippen LogP contribution in [0.3, 0.4) is 0 Å². The Morgan fingerprint density at radius 2 is 0.895 bits per heavy atom. The maximum absolute atomic E-state index is 6.32. The van der Waals surface area contributed by atoms with Crippen LogP contribution in [0.15, 0.2) is 211 Å². The van der Waals surface area contributed by atoms with Crippen LogP contribution < -0.4 is 0 Å². The van der Waals surface area contributed by atoms with Crippen molar-refractivity contribution in [2.45, 2.75) is 0 Å². The molecular weight excluding hydrogens is 693 g/mol. The van der Waals surface area contributed by atoms with Crippen LogP contribution >= 0.6 is 0 Å². The van der Waals surface area contributed by atoms with Gasteiger partial charge >= 0.3 is 0 Å². The Labute approximate surface area is 328 Å². The van der Waals surface area contributed by atoms with E-state index in [9.17, 15) is 0 Å². The van der Waals surface area contributed by atoms with Crippen molar-refractivity contribution < 1.29 is 4.42 Å². The smallest absolute Gasteiger partial charge is 0.135 e. The van der Waals surface area contributed by atoms with Crippen molar-refractivity contribution in [2.75, 3.05) is 0 Å². The zero-order valence-electron chi connectivity index (χ0n) is 30.9. The van der Waals surface area contributed by atoms with Crippen molar-refractivity contribution in [3.05, 3.63) is 206 Å². The van der Waals surface area contributed by atoms with Gasteiger partial charge < -0.3 is 13.6 Å². The predicted molar refractivity (Wildman–Crippen MR) is 239 cm³/mol. The molecule has 57 heavy (non-hydrogen) atoms. The summed E-state index contributed by atoms with van der Waals surface area (Å²) in [5.41, 5.74) is 15.9. The van der Waals surface area contributed by atoms with Crippen LogP contribution in [0.5, 0.6) is 0 Å². The molecule has 0 aliphatic carbocycles. The van der Waals surface area contributed by atoms with E-state index in [0.29, 0.717) is 0 Å². The van der Waals surface area contributed by atoms with Gasteiger partial charge in [0.2, 0.25) is 0 Å². The molecule has 3 nitrogen and oxygen atoms in total. The first kappa shape index (κ1) is 31.7. The molecule has 0 spiro atoms. The summed E-state index contributed by atoms with van der Waals surface area (Å²) >= 11 is 0. The van der Waals surface area contributed by atoms with E-state index < -0.39 is 0 Å². The van der Waals surface area contributed by atoms with Gasteiger partial charge in [-0.15, -0.1) is 0 Å². The average molecular weight is 727 g/mol. The largest absolute Gasteiger partial charge is 0.456 e. The monoisotopic (exact) mass is 726 g/mol. The lowest BCUT2D eigenvalue weighted by molar-refractivity contribution is 0.669. The first-order chi connectivity index (χ1) is 28.3. The first-order valence-electron chi connectivity index (χ1n) is 19.5. The van der Waals surface area contributed by atoms with Crippen molar-refractivity contribution in [3.63, 3.8) is 0 Å². The zero-order chi connectivity index (χ0) is 37.5. The van der Waals surface area contributed by atoms with E-state index >= 15 is 0 Å². The Morgan fingerprint density at radius 3 is 1.70 bits per heavy atom. The van der Waals surface area contributed by atoms with Crippen LogP contribution in [0.25, 0.3) is 110 Å². The highest BCUT2D eigenvalue weighted by Crippen LogP contribution is 2.48. The summed E-state index contributed by atoms with van der Waals surface area (Å²) in [7, 11) is 0. The molecule has 0 bridgehead atoms. The second-order valence-electron chi connectivity index (χ2n) is 14.9. The number of fused-ring (bicyclic) bond motifs is 10. The summed E-state index contributed by atoms with van der Waals surface area (Å²) in [6, 6.07) is 74.5. The van der Waals surface area contributed by atoms with Gasteiger partial charge in [-0.2, -0.15) is 0 Å². The third-order valence-corrected chi connectivity index (χ3v) is 11.7. The first-order valence-corrected chi connectivity index (χ1v) is 19.5. The van der Waals surface area contributed by atoms with Crippen LogP contribution in [0, 0.1) is 0 Å². The second-order valence-corrected chi connectivity index (χ2v) is 14.9. The molecule has 0 saturated carbocycles. The van der Waals surface area contributed by atoms with Gasteiger partial charge in [0.25, 0.3) is 0 Å². The fraction of sp³-hybridized carbons (Fsp3) is 0. The fourth-order valence-corrected chi connectivity index (χ4v) is 9.20. The van der Waals surface area contributed by atoms with Gasteiger partial charge in [0.15, 0.2) is 0 Å². The standard InChI is InChI=1S/C54H34N2O/c1-3-15-35(16-4-1)36-27-29-37(30-28-36)40-19-7-11-23-47(40)56-49-25-13-9-22-43(49)52-44(38-31-32-51-45(33-38)42-21-10-14-26-50(42)57-51)34-46-41-20-8-12-24-48(41)55(53(46)54(52)56)39-17-5-2-6-18-39/h1-34H. The Morgan fingerprint density at radius 1 is 0.316 bits per heavy atom. The molecule has 3 heteroatoms. The second kappa shape index (κ2) is 12.5. The van der Waals surface area contributed by atoms with Gasteiger partial charge in [0.05, 0.1) is 27.8 Å². The maximum Gasteiger partial charge on any atom is 0.135 e. The lowest BCUT2D eigenvalue weighted by atomic mass is 9.95. The van der Waals surface area contributed by atoms with Crippen molar-refractivity contribution >= 4 is 65.6 Å². The highest BCUT2D eigenvalue weighted by Gasteiger charge is 2.25. The van der Waals surface area contributed by atoms with Crippen LogP contribution in [-0.4, -0.2) is 9.13 Å². The summed E-state index contributed by atoms with van der Waals surface area (Å²) in [5.74, 6) is 0. The molecule has 3 aromatic heterocycles. The van der Waals surface area contributed by atoms with Gasteiger partial charge in [-0.05, 0) is 82.4 Å². The highest BCUT2D eigenvalue weighted by molar-refractivity contribution is 6.28. The van der Waals surface area contributed by atoms with Crippen LogP contribution in [0.2, 0.25) is 0 Å². The average Bonchev–Trinajstić information content (AvgIpc) is 3.94. The minimum absolute atomic E-state index is 0.896. The van der Waals surface area contributed by atoms with Crippen LogP contribution in [0.1, 0.15) is 0 Å². The maximum atomic E-state index is 6.32. The molecule has 12 aromatic rings. The van der Waals surface area contributed by atoms with E-state index in [1.807, 2.05) is 6.07 Å². The van der Waals surface area contributed by atoms with Crippen molar-refractivity contribution in [3.8, 4) is 44.8 Å². The minimum atomic E-state index is 0.896. The number of hydrogen-bond acceptors (Lipinski definition) is 1. The number of hydrogen-bond donors (Lipinski definition) is 0. The Hall–Kier alpha value is -7.62. The van der Waals surface area contributed by atoms with E-state index in [2.05, 4.69) is 209 Å². The normalized spacial score (nSPS) is 11.9. The fourth-order valence-electron chi connectivity index (χ4n) is 9.20. The quantitative estimate of drug-likeness (QED) is 0.173. The molecule has 0 aliphatic rings. The Balaban J connectivity index is 1.24. The number of aromatic nitrogens is 2. The number of para-hydroxylation sites is 5. The van der Waals surface area contributed by atoms with Crippen LogP contribution in [0.4, 0.5) is 0 Å². The molecule has 3 heterocycles. The topological polar surface area (TPSA) is 23.0 Å². The third-order valence-electron chi connectivity index (χ3n) is 11.7. The van der Waals surface area contributed by atoms with Crippen molar-refractivity contribution in [1.82, 2.24) is 9.13 Å². The van der Waals surface area contributed by atoms with Gasteiger partial charge in [-0.25, -0.2) is 0 Å². The van der Waals surface area contributed by atoms with E-state index in [4.69, 9.17) is 4.42 Å². The van der Waals surface area contributed by atoms with Crippen LogP contribution in [-0.2, 0) is 0 Å². The van der Waals surface area contributed by atoms with E-state index in [1.165, 1.54) is 65.9 Å². The molecule has 0 fully saturated rings. The molecule has 0 amide bonds. The van der Waals surface area contributed by atoms with Crippen molar-refractivity contribution in [1.29, 1.82) is 0 Å². The Bertz CT molecular complexity index is 3490. The summed E-state index contributed by atoms with van der Waals surface area (Å²) in [4.78, 5) is 0. The van der Waals surface area contributed by atoms with E-state index in [0.717, 1.165) is 44.4 Å². The highest BCUT2D eigenvalue weighted by atomic mass is 16.3. The molecule has 0 N–H and O–H groups in total. The molecule has 266 valence electrons. The number of benzene rings is 9. The van der Waals surface area contributed by atoms with Gasteiger partial charge in [-0.3, -0.25) is 0 Å². The number of furan rings is 1. The molecule has 0 radical (unpaired) electrons. The zero-order valence-corrected chi connectivity index (χ0v) is 30.9. The van der Waals surface area contributed by atoms with Crippen molar-refractivity contribution in [2.24, 2.45) is 0 Å². The molecule has 0 unspecified atom stereocenters. The molecule has 0 aliphatic heterocycles. The van der Waals surface area contributed by atoms with E-state index in [1.54, 1.807) is 0 Å².